The minimum Gasteiger partial charge on any atom is -0.325 e. The van der Waals surface area contributed by atoms with Crippen LogP contribution >= 0.6 is 7.37 Å². The van der Waals surface area contributed by atoms with E-state index in [4.69, 9.17) is 4.52 Å². The number of hydrogen-bond acceptors (Lipinski definition) is 2. The second kappa shape index (κ2) is 6.04. The molecular weight excluding hydrogens is 242 g/mol. The fourth-order valence-electron chi connectivity index (χ4n) is 1.80. The molecule has 0 bridgehead atoms. The molecule has 4 heteroatoms. The zero-order valence-electron chi connectivity index (χ0n) is 10.5. The van der Waals surface area contributed by atoms with E-state index in [0.717, 1.165) is 16.2 Å². The zero-order valence-corrected chi connectivity index (χ0v) is 11.4. The van der Waals surface area contributed by atoms with Crippen LogP contribution in [0.15, 0.2) is 54.6 Å². The molecule has 1 unspecified atom stereocenters. The Morgan fingerprint density at radius 2 is 1.56 bits per heavy atom. The molecule has 0 heterocycles. The number of hydrogen-bond donors (Lipinski definition) is 0. The van der Waals surface area contributed by atoms with Crippen molar-refractivity contribution in [2.24, 2.45) is 0 Å². The lowest BCUT2D eigenvalue weighted by Crippen LogP contribution is -2.17. The fraction of sp³-hybridized carbons (Fsp3) is 0.143. The van der Waals surface area contributed by atoms with Crippen LogP contribution in [0.5, 0.6) is 0 Å². The molecule has 0 aliphatic heterocycles. The van der Waals surface area contributed by atoms with E-state index in [1.54, 1.807) is 0 Å². The lowest BCUT2D eigenvalue weighted by atomic mass is 10.2. The van der Waals surface area contributed by atoms with Gasteiger partial charge < -0.3 is 4.52 Å². The number of rotatable bonds is 3. The molecule has 2 aromatic rings. The molecule has 0 aromatic heterocycles. The van der Waals surface area contributed by atoms with E-state index in [1.165, 1.54) is 7.11 Å². The third kappa shape index (κ3) is 2.74. The Hall–Kier alpha value is -1.31. The monoisotopic (exact) mass is 257 g/mol. The molecule has 1 atom stereocenters. The second-order valence-corrected chi connectivity index (χ2v) is 6.41. The van der Waals surface area contributed by atoms with Crippen molar-refractivity contribution in [1.29, 1.82) is 0 Å². The predicted molar refractivity (Wildman–Crippen MR) is 77.3 cm³/mol. The molecule has 0 aliphatic rings. The Kier molecular flexibility index (Phi) is 4.95. The molecule has 91 valence electrons. The quantitative estimate of drug-likeness (QED) is 0.623. The highest BCUT2D eigenvalue weighted by molar-refractivity contribution is 7.74. The summed E-state index contributed by atoms with van der Waals surface area (Å²) in [7, 11) is -1.44. The summed E-state index contributed by atoms with van der Waals surface area (Å²) in [6.45, 7) is 1.98. The summed E-state index contributed by atoms with van der Waals surface area (Å²) in [5.41, 5.74) is 1.08. The summed E-state index contributed by atoms with van der Waals surface area (Å²) in [5, 5.41) is 1.47. The molecule has 2 rings (SSSR count). The summed E-state index contributed by atoms with van der Waals surface area (Å²) < 4.78 is 18.2. The lowest BCUT2D eigenvalue weighted by molar-refractivity contribution is 0.412. The predicted octanol–water partition coefficient (Wildman–Crippen LogP) is 2.49. The van der Waals surface area contributed by atoms with Gasteiger partial charge in [0.1, 0.15) is 0 Å². The highest BCUT2D eigenvalue weighted by atomic mass is 31.2. The van der Waals surface area contributed by atoms with Crippen LogP contribution in [0, 0.1) is 6.92 Å². The van der Waals surface area contributed by atoms with Gasteiger partial charge in [-0.05, 0) is 31.2 Å². The molecule has 0 spiro atoms. The minimum atomic E-state index is -2.93. The first-order valence-electron chi connectivity index (χ1n) is 5.45. The Morgan fingerprint density at radius 1 is 0.944 bits per heavy atom. The van der Waals surface area contributed by atoms with Crippen LogP contribution in [0.4, 0.5) is 0 Å². The van der Waals surface area contributed by atoms with E-state index in [1.807, 2.05) is 61.5 Å². The third-order valence-electron chi connectivity index (χ3n) is 2.69. The van der Waals surface area contributed by atoms with Crippen LogP contribution < -0.4 is 10.6 Å². The van der Waals surface area contributed by atoms with Crippen molar-refractivity contribution in [3.05, 3.63) is 60.2 Å². The molecule has 3 radical (unpaired) electrons. The summed E-state index contributed by atoms with van der Waals surface area (Å²) >= 11 is 0. The van der Waals surface area contributed by atoms with Gasteiger partial charge in [0.2, 0.25) is 0 Å². The standard InChI is InChI=1S/C14H15O2P.B/c1-12-7-6-10-14(11-12)17(15,16-2)13-8-4-3-5-9-13;/h3-11H,1-2H3;. The smallest absolute Gasteiger partial charge is 0.261 e. The van der Waals surface area contributed by atoms with Crippen molar-refractivity contribution in [3.63, 3.8) is 0 Å². The summed E-state index contributed by atoms with van der Waals surface area (Å²) in [4.78, 5) is 0. The van der Waals surface area contributed by atoms with Gasteiger partial charge in [0.25, 0.3) is 7.37 Å². The molecule has 18 heavy (non-hydrogen) atoms. The molecule has 0 aliphatic carbocycles. The van der Waals surface area contributed by atoms with E-state index in [2.05, 4.69) is 0 Å². The first-order chi connectivity index (χ1) is 8.16. The van der Waals surface area contributed by atoms with Gasteiger partial charge in [0.05, 0.1) is 0 Å². The Bertz CT molecular complexity index is 555. The van der Waals surface area contributed by atoms with Crippen LogP contribution in [-0.2, 0) is 9.09 Å². The molecule has 0 saturated carbocycles. The maximum atomic E-state index is 12.9. The topological polar surface area (TPSA) is 26.3 Å². The molecular formula is C14H15BO2P. The van der Waals surface area contributed by atoms with Crippen LogP contribution in [-0.4, -0.2) is 15.5 Å². The van der Waals surface area contributed by atoms with Gasteiger partial charge in [0, 0.05) is 26.1 Å². The van der Waals surface area contributed by atoms with E-state index < -0.39 is 7.37 Å². The largest absolute Gasteiger partial charge is 0.325 e. The zero-order chi connectivity index (χ0) is 12.3. The first-order valence-corrected chi connectivity index (χ1v) is 7.08. The number of aryl methyl sites for hydroxylation is 1. The van der Waals surface area contributed by atoms with Gasteiger partial charge >= 0.3 is 0 Å². The summed E-state index contributed by atoms with van der Waals surface area (Å²) in [5.74, 6) is 0. The van der Waals surface area contributed by atoms with Crippen molar-refractivity contribution in [1.82, 2.24) is 0 Å². The van der Waals surface area contributed by atoms with Crippen LogP contribution in [0.3, 0.4) is 0 Å². The average Bonchev–Trinajstić information content (AvgIpc) is 2.39. The summed E-state index contributed by atoms with van der Waals surface area (Å²) in [6.07, 6.45) is 0. The van der Waals surface area contributed by atoms with Gasteiger partial charge in [-0.15, -0.1) is 0 Å². The van der Waals surface area contributed by atoms with Gasteiger partial charge in [-0.1, -0.05) is 35.9 Å². The first kappa shape index (κ1) is 14.8. The van der Waals surface area contributed by atoms with Gasteiger partial charge in [-0.2, -0.15) is 0 Å². The Labute approximate surface area is 110 Å². The Morgan fingerprint density at radius 3 is 2.11 bits per heavy atom. The molecule has 0 amide bonds. The maximum absolute atomic E-state index is 12.9. The van der Waals surface area contributed by atoms with E-state index >= 15 is 0 Å². The molecule has 0 fully saturated rings. The second-order valence-electron chi connectivity index (χ2n) is 3.91. The normalized spacial score (nSPS) is 13.4. The fourth-order valence-corrected chi connectivity index (χ4v) is 3.74. The van der Waals surface area contributed by atoms with Crippen LogP contribution in [0.1, 0.15) is 5.56 Å². The van der Waals surface area contributed by atoms with Gasteiger partial charge in [-0.3, -0.25) is 4.57 Å². The van der Waals surface area contributed by atoms with E-state index in [0.29, 0.717) is 0 Å². The molecule has 0 N–H and O–H groups in total. The molecule has 2 aromatic carbocycles. The van der Waals surface area contributed by atoms with Crippen LogP contribution in [0.25, 0.3) is 0 Å². The average molecular weight is 257 g/mol. The van der Waals surface area contributed by atoms with E-state index in [-0.39, 0.29) is 8.41 Å². The van der Waals surface area contributed by atoms with Crippen molar-refractivity contribution in [2.75, 3.05) is 7.11 Å². The molecule has 0 saturated heterocycles. The van der Waals surface area contributed by atoms with E-state index in [9.17, 15) is 4.57 Å². The van der Waals surface area contributed by atoms with Gasteiger partial charge in [0.15, 0.2) is 0 Å². The third-order valence-corrected chi connectivity index (χ3v) is 5.15. The van der Waals surface area contributed by atoms with Crippen molar-refractivity contribution >= 4 is 26.4 Å². The lowest BCUT2D eigenvalue weighted by Gasteiger charge is -2.17. The summed E-state index contributed by atoms with van der Waals surface area (Å²) in [6, 6.07) is 17.0. The van der Waals surface area contributed by atoms with Crippen molar-refractivity contribution in [2.45, 2.75) is 6.92 Å². The van der Waals surface area contributed by atoms with Crippen molar-refractivity contribution in [3.8, 4) is 0 Å². The highest BCUT2D eigenvalue weighted by Crippen LogP contribution is 2.43. The maximum Gasteiger partial charge on any atom is 0.261 e. The van der Waals surface area contributed by atoms with Gasteiger partial charge in [-0.25, -0.2) is 0 Å². The van der Waals surface area contributed by atoms with Crippen LogP contribution in [0.2, 0.25) is 0 Å². The number of benzene rings is 2. The Balaban J connectivity index is 0.00000162. The highest BCUT2D eigenvalue weighted by Gasteiger charge is 2.26. The van der Waals surface area contributed by atoms with Crippen molar-refractivity contribution < 1.29 is 9.09 Å². The minimum absolute atomic E-state index is 0. The SMILES string of the molecule is COP(=O)(c1ccccc1)c1cccc(C)c1.[B]. The molecule has 2 nitrogen and oxygen atoms in total.